The normalized spacial score (nSPS) is 20.8. The number of hydrogen-bond acceptors (Lipinski definition) is 4. The maximum absolute atomic E-state index is 12.2. The Labute approximate surface area is 120 Å². The molecule has 1 amide bonds. The van der Waals surface area contributed by atoms with Crippen molar-refractivity contribution in [2.45, 2.75) is 12.8 Å². The third-order valence-electron chi connectivity index (χ3n) is 3.41. The van der Waals surface area contributed by atoms with Gasteiger partial charge in [0.15, 0.2) is 0 Å². The monoisotopic (exact) mass is 290 g/mol. The van der Waals surface area contributed by atoms with E-state index < -0.39 is 28.6 Å². The molecule has 0 bridgehead atoms. The van der Waals surface area contributed by atoms with E-state index in [0.717, 1.165) is 0 Å². The highest BCUT2D eigenvalue weighted by molar-refractivity contribution is 5.95. The summed E-state index contributed by atoms with van der Waals surface area (Å²) < 4.78 is 0. The SMILES string of the molecule is O=C(O)[C@@H]1CC=CC[C@H]1C(=O)Nc1cccc([N+](=O)[O-])c1. The van der Waals surface area contributed by atoms with Crippen molar-refractivity contribution < 1.29 is 19.6 Å². The van der Waals surface area contributed by atoms with Crippen LogP contribution in [0.1, 0.15) is 12.8 Å². The molecule has 0 heterocycles. The van der Waals surface area contributed by atoms with Crippen LogP contribution >= 0.6 is 0 Å². The number of anilines is 1. The number of amides is 1. The number of non-ortho nitro benzene ring substituents is 1. The molecular formula is C14H14N2O5. The number of rotatable bonds is 4. The highest BCUT2D eigenvalue weighted by Crippen LogP contribution is 2.27. The van der Waals surface area contributed by atoms with Gasteiger partial charge in [-0.2, -0.15) is 0 Å². The largest absolute Gasteiger partial charge is 0.481 e. The van der Waals surface area contributed by atoms with Gasteiger partial charge in [-0.3, -0.25) is 19.7 Å². The molecular weight excluding hydrogens is 276 g/mol. The quantitative estimate of drug-likeness (QED) is 0.502. The lowest BCUT2D eigenvalue weighted by atomic mass is 9.82. The summed E-state index contributed by atoms with van der Waals surface area (Å²) in [5.74, 6) is -2.90. The second-order valence-electron chi connectivity index (χ2n) is 4.79. The topological polar surface area (TPSA) is 110 Å². The molecule has 2 atom stereocenters. The van der Waals surface area contributed by atoms with Crippen LogP contribution in [-0.4, -0.2) is 21.9 Å². The van der Waals surface area contributed by atoms with Gasteiger partial charge < -0.3 is 10.4 Å². The third-order valence-corrected chi connectivity index (χ3v) is 3.41. The predicted octanol–water partition coefficient (Wildman–Crippen LogP) is 2.20. The van der Waals surface area contributed by atoms with Crippen molar-refractivity contribution in [2.24, 2.45) is 11.8 Å². The molecule has 110 valence electrons. The molecule has 0 aromatic heterocycles. The van der Waals surface area contributed by atoms with E-state index >= 15 is 0 Å². The molecule has 1 aliphatic carbocycles. The summed E-state index contributed by atoms with van der Waals surface area (Å²) >= 11 is 0. The van der Waals surface area contributed by atoms with E-state index in [1.165, 1.54) is 24.3 Å². The Morgan fingerprint density at radius 1 is 1.24 bits per heavy atom. The average Bonchev–Trinajstić information content (AvgIpc) is 2.47. The Kier molecular flexibility index (Phi) is 4.32. The number of nitro groups is 1. The lowest BCUT2D eigenvalue weighted by Gasteiger charge is -2.24. The number of hydrogen-bond donors (Lipinski definition) is 2. The maximum Gasteiger partial charge on any atom is 0.307 e. The molecule has 1 aromatic carbocycles. The Morgan fingerprint density at radius 3 is 2.52 bits per heavy atom. The van der Waals surface area contributed by atoms with Crippen molar-refractivity contribution in [3.05, 3.63) is 46.5 Å². The molecule has 21 heavy (non-hydrogen) atoms. The van der Waals surface area contributed by atoms with Gasteiger partial charge in [0.1, 0.15) is 0 Å². The van der Waals surface area contributed by atoms with Crippen LogP contribution < -0.4 is 5.32 Å². The van der Waals surface area contributed by atoms with Crippen molar-refractivity contribution in [1.82, 2.24) is 0 Å². The minimum absolute atomic E-state index is 0.133. The highest BCUT2D eigenvalue weighted by Gasteiger charge is 2.34. The van der Waals surface area contributed by atoms with E-state index in [0.29, 0.717) is 12.8 Å². The average molecular weight is 290 g/mol. The predicted molar refractivity (Wildman–Crippen MR) is 74.7 cm³/mol. The fourth-order valence-electron chi connectivity index (χ4n) is 2.31. The lowest BCUT2D eigenvalue weighted by molar-refractivity contribution is -0.384. The lowest BCUT2D eigenvalue weighted by Crippen LogP contribution is -2.34. The van der Waals surface area contributed by atoms with Gasteiger partial charge in [-0.25, -0.2) is 0 Å². The van der Waals surface area contributed by atoms with E-state index in [-0.39, 0.29) is 11.4 Å². The molecule has 7 nitrogen and oxygen atoms in total. The molecule has 7 heteroatoms. The maximum atomic E-state index is 12.2. The molecule has 1 aromatic rings. The molecule has 1 aliphatic rings. The van der Waals surface area contributed by atoms with Crippen LogP contribution in [0.2, 0.25) is 0 Å². The minimum Gasteiger partial charge on any atom is -0.481 e. The first kappa shape index (κ1) is 14.7. The first-order chi connectivity index (χ1) is 9.99. The number of carboxylic acid groups (broad SMARTS) is 1. The van der Waals surface area contributed by atoms with Gasteiger partial charge in [-0.05, 0) is 18.9 Å². The fourth-order valence-corrected chi connectivity index (χ4v) is 2.31. The van der Waals surface area contributed by atoms with Crippen LogP contribution in [0.15, 0.2) is 36.4 Å². The van der Waals surface area contributed by atoms with E-state index in [2.05, 4.69) is 5.32 Å². The molecule has 0 saturated heterocycles. The van der Waals surface area contributed by atoms with Gasteiger partial charge in [0.25, 0.3) is 5.69 Å². The molecule has 0 aliphatic heterocycles. The Balaban J connectivity index is 2.13. The summed E-state index contributed by atoms with van der Waals surface area (Å²) in [5, 5.41) is 22.4. The summed E-state index contributed by atoms with van der Waals surface area (Å²) in [4.78, 5) is 33.5. The van der Waals surface area contributed by atoms with Crippen LogP contribution in [-0.2, 0) is 9.59 Å². The van der Waals surface area contributed by atoms with Crippen LogP contribution in [0, 0.1) is 22.0 Å². The van der Waals surface area contributed by atoms with E-state index in [1.54, 1.807) is 12.2 Å². The number of nitrogens with zero attached hydrogens (tertiary/aromatic N) is 1. The highest BCUT2D eigenvalue weighted by atomic mass is 16.6. The zero-order chi connectivity index (χ0) is 15.4. The second kappa shape index (κ2) is 6.17. The molecule has 0 radical (unpaired) electrons. The molecule has 0 unspecified atom stereocenters. The number of carbonyl (C=O) groups is 2. The van der Waals surface area contributed by atoms with E-state index in [4.69, 9.17) is 5.11 Å². The smallest absolute Gasteiger partial charge is 0.307 e. The standard InChI is InChI=1S/C14H14N2O5/c17-13(11-6-1-2-7-12(11)14(18)19)15-9-4-3-5-10(8-9)16(20)21/h1-5,8,11-12H,6-7H2,(H,15,17)(H,18,19)/t11-,12-/m1/s1. The summed E-state index contributed by atoms with van der Waals surface area (Å²) in [7, 11) is 0. The molecule has 2 rings (SSSR count). The molecule has 0 fully saturated rings. The van der Waals surface area contributed by atoms with Gasteiger partial charge in [0.2, 0.25) is 5.91 Å². The fraction of sp³-hybridized carbons (Fsp3) is 0.286. The molecule has 2 N–H and O–H groups in total. The van der Waals surface area contributed by atoms with Crippen molar-refractivity contribution in [3.8, 4) is 0 Å². The number of nitro benzene ring substituents is 1. The van der Waals surface area contributed by atoms with Crippen molar-refractivity contribution in [3.63, 3.8) is 0 Å². The minimum atomic E-state index is -1.02. The Bertz CT molecular complexity index is 611. The van der Waals surface area contributed by atoms with Crippen LogP contribution in [0.25, 0.3) is 0 Å². The number of nitrogens with one attached hydrogen (secondary N) is 1. The Morgan fingerprint density at radius 2 is 1.90 bits per heavy atom. The summed E-state index contributed by atoms with van der Waals surface area (Å²) in [6.07, 6.45) is 4.17. The Hall–Kier alpha value is -2.70. The summed E-state index contributed by atoms with van der Waals surface area (Å²) in [6.45, 7) is 0. The van der Waals surface area contributed by atoms with Crippen molar-refractivity contribution >= 4 is 23.3 Å². The number of allylic oxidation sites excluding steroid dienone is 2. The number of carbonyl (C=O) groups excluding carboxylic acids is 1. The van der Waals surface area contributed by atoms with Crippen molar-refractivity contribution in [2.75, 3.05) is 5.32 Å². The van der Waals surface area contributed by atoms with Crippen molar-refractivity contribution in [1.29, 1.82) is 0 Å². The van der Waals surface area contributed by atoms with Gasteiger partial charge >= 0.3 is 5.97 Å². The number of aliphatic carboxylic acids is 1. The van der Waals surface area contributed by atoms with E-state index in [9.17, 15) is 19.7 Å². The van der Waals surface area contributed by atoms with Gasteiger partial charge in [-0.15, -0.1) is 0 Å². The number of carboxylic acids is 1. The number of benzene rings is 1. The van der Waals surface area contributed by atoms with Gasteiger partial charge in [-0.1, -0.05) is 18.2 Å². The van der Waals surface area contributed by atoms with Crippen LogP contribution in [0.4, 0.5) is 11.4 Å². The van der Waals surface area contributed by atoms with Crippen LogP contribution in [0.3, 0.4) is 0 Å². The van der Waals surface area contributed by atoms with E-state index in [1.807, 2.05) is 0 Å². The zero-order valence-electron chi connectivity index (χ0n) is 11.1. The van der Waals surface area contributed by atoms with Gasteiger partial charge in [0.05, 0.1) is 16.8 Å². The summed E-state index contributed by atoms with van der Waals surface area (Å²) in [5.41, 5.74) is 0.152. The second-order valence-corrected chi connectivity index (χ2v) is 4.79. The zero-order valence-corrected chi connectivity index (χ0v) is 11.1. The molecule has 0 saturated carbocycles. The first-order valence-corrected chi connectivity index (χ1v) is 6.42. The van der Waals surface area contributed by atoms with Crippen LogP contribution in [0.5, 0.6) is 0 Å². The first-order valence-electron chi connectivity index (χ1n) is 6.42. The van der Waals surface area contributed by atoms with Gasteiger partial charge in [0, 0.05) is 17.8 Å². The molecule has 0 spiro atoms. The third kappa shape index (κ3) is 3.44. The summed E-state index contributed by atoms with van der Waals surface area (Å²) in [6, 6.07) is 5.55.